The molecule has 0 spiro atoms. The predicted molar refractivity (Wildman–Crippen MR) is 189 cm³/mol. The van der Waals surface area contributed by atoms with Crippen molar-refractivity contribution in [3.63, 3.8) is 0 Å². The van der Waals surface area contributed by atoms with Gasteiger partial charge in [-0.2, -0.15) is 0 Å². The van der Waals surface area contributed by atoms with Crippen LogP contribution in [0.25, 0.3) is 0 Å². The molecule has 1 aromatic carbocycles. The van der Waals surface area contributed by atoms with Crippen LogP contribution in [0, 0.1) is 13.8 Å². The minimum atomic E-state index is -1.10. The Morgan fingerprint density at radius 2 is 0.932 bits per heavy atom. The van der Waals surface area contributed by atoms with Crippen LogP contribution in [0.1, 0.15) is 198 Å². The first-order valence-electron chi connectivity index (χ1n) is 17.9. The van der Waals surface area contributed by atoms with E-state index in [1.807, 2.05) is 6.07 Å². The van der Waals surface area contributed by atoms with Crippen LogP contribution < -0.4 is 10.2 Å². The maximum Gasteiger partial charge on any atom is 2.00 e. The largest absolute Gasteiger partial charge is 2.00 e. The van der Waals surface area contributed by atoms with E-state index in [9.17, 15) is 19.8 Å². The van der Waals surface area contributed by atoms with Gasteiger partial charge in [-0.3, -0.25) is 0 Å². The molecule has 0 bridgehead atoms. The Labute approximate surface area is 291 Å². The molecule has 1 rings (SSSR count). The van der Waals surface area contributed by atoms with Gasteiger partial charge in [-0.25, -0.2) is 0 Å². The van der Waals surface area contributed by atoms with Gasteiger partial charge < -0.3 is 19.8 Å². The molecule has 0 fully saturated rings. The zero-order valence-electron chi connectivity index (χ0n) is 29.5. The third-order valence-electron chi connectivity index (χ3n) is 7.17. The van der Waals surface area contributed by atoms with Crippen LogP contribution in [0.15, 0.2) is 24.3 Å². The minimum Gasteiger partial charge on any atom is -0.550 e. The number of aryl methyl sites for hydroxylation is 1. The molecule has 0 saturated heterocycles. The van der Waals surface area contributed by atoms with Crippen molar-refractivity contribution in [2.24, 2.45) is 0 Å². The molecule has 5 heteroatoms. The molecule has 4 nitrogen and oxygen atoms in total. The van der Waals surface area contributed by atoms with Crippen LogP contribution in [0.2, 0.25) is 0 Å². The van der Waals surface area contributed by atoms with Gasteiger partial charge in [0.2, 0.25) is 0 Å². The second kappa shape index (κ2) is 44.1. The van der Waals surface area contributed by atoms with Crippen molar-refractivity contribution in [2.45, 2.75) is 188 Å². The number of carboxylic acid groups (broad SMARTS) is 2. The fraction of sp³-hybridized carbons (Fsp3) is 0.744. The summed E-state index contributed by atoms with van der Waals surface area (Å²) < 4.78 is 0. The van der Waals surface area contributed by atoms with Crippen molar-refractivity contribution in [3.8, 4) is 0 Å². The van der Waals surface area contributed by atoms with E-state index in [1.54, 1.807) is 18.2 Å². The van der Waals surface area contributed by atoms with Crippen LogP contribution in [-0.2, 0) is 11.2 Å². The van der Waals surface area contributed by atoms with Gasteiger partial charge in [-0.1, -0.05) is 195 Å². The van der Waals surface area contributed by atoms with E-state index in [2.05, 4.69) is 41.5 Å². The molecule has 1 aromatic rings. The minimum absolute atomic E-state index is 0. The number of aliphatic carboxylic acids is 1. The van der Waals surface area contributed by atoms with Gasteiger partial charge in [0.05, 0.1) is 5.97 Å². The summed E-state index contributed by atoms with van der Waals surface area (Å²) in [7, 11) is 0. The summed E-state index contributed by atoms with van der Waals surface area (Å²) in [6.07, 6.45) is 30.5. The van der Waals surface area contributed by atoms with Crippen molar-refractivity contribution < 1.29 is 19.8 Å². The van der Waals surface area contributed by atoms with Crippen LogP contribution in [-0.4, -0.2) is 35.8 Å². The molecule has 0 saturated carbocycles. The number of carbonyl (C=O) groups excluding carboxylic acids is 2. The molecule has 0 unspecified atom stereocenters. The molecule has 44 heavy (non-hydrogen) atoms. The smallest absolute Gasteiger partial charge is 0.550 e. The van der Waals surface area contributed by atoms with Crippen LogP contribution in [0.4, 0.5) is 0 Å². The van der Waals surface area contributed by atoms with Gasteiger partial charge in [-0.15, -0.1) is 0 Å². The molecular weight excluding hydrogens is 651 g/mol. The molecule has 0 aromatic heterocycles. The quantitative estimate of drug-likeness (QED) is 0.0787. The molecule has 0 aliphatic heterocycles. The van der Waals surface area contributed by atoms with Crippen molar-refractivity contribution in [1.82, 2.24) is 0 Å². The van der Waals surface area contributed by atoms with E-state index >= 15 is 0 Å². The molecule has 0 aliphatic rings. The average molecular weight is 722 g/mol. The van der Waals surface area contributed by atoms with Crippen molar-refractivity contribution in [3.05, 3.63) is 49.2 Å². The Morgan fingerprint density at radius 1 is 0.568 bits per heavy atom. The van der Waals surface area contributed by atoms with E-state index in [0.717, 1.165) is 50.5 Å². The monoisotopic (exact) mass is 722 g/mol. The molecule has 0 heterocycles. The molecular formula is C39H70O4Sn. The fourth-order valence-corrected chi connectivity index (χ4v) is 4.23. The summed E-state index contributed by atoms with van der Waals surface area (Å²) in [6.45, 7) is 15.8. The van der Waals surface area contributed by atoms with Gasteiger partial charge in [0.1, 0.15) is 0 Å². The predicted octanol–water partition coefficient (Wildman–Crippen LogP) is 10.0. The number of unbranched alkanes of at least 4 members (excludes halogenated alkanes) is 19. The SMILES string of the molecule is CCCCCCCCCCCCCCCCCCCC(=O)[O-].CCCCc1cccc(C(=O)[O-])c1.[CH2]CCC.[CH2]CCC.[Sn+2]. The number of aromatic carboxylic acids is 1. The maximum absolute atomic E-state index is 10.5. The Morgan fingerprint density at radius 3 is 1.25 bits per heavy atom. The average Bonchev–Trinajstić information content (AvgIpc) is 3.02. The second-order valence-electron chi connectivity index (χ2n) is 11.6. The molecule has 4 radical (unpaired) electrons. The van der Waals surface area contributed by atoms with Crippen LogP contribution in [0.5, 0.6) is 0 Å². The Balaban J connectivity index is -0.000000305. The molecule has 0 aliphatic carbocycles. The van der Waals surface area contributed by atoms with E-state index in [-0.39, 0.29) is 35.9 Å². The zero-order valence-corrected chi connectivity index (χ0v) is 32.4. The third kappa shape index (κ3) is 45.4. The number of rotatable bonds is 24. The number of carboxylic acids is 2. The molecule has 0 amide bonds. The summed E-state index contributed by atoms with van der Waals surface area (Å²) in [5.74, 6) is -2.00. The maximum atomic E-state index is 10.5. The standard InChI is InChI=1S/C20H40O2.C11H14O2.2C4H9.Sn/c1-2-3-4-5-6-7-8-9-10-11-12-13-14-15-16-17-18-19-20(21)22;1-2-3-5-9-6-4-7-10(8-9)11(12)13;2*1-3-4-2;/h2-19H2,1H3,(H,21,22);4,6-8H,2-3,5H2,1H3,(H,12,13);2*1,3-4H2,2H3;/q;;;;+2/p-2. The second-order valence-corrected chi connectivity index (χ2v) is 11.6. The zero-order chi connectivity index (χ0) is 32.8. The van der Waals surface area contributed by atoms with E-state index in [4.69, 9.17) is 0 Å². The summed E-state index contributed by atoms with van der Waals surface area (Å²) in [5.41, 5.74) is 1.34. The van der Waals surface area contributed by atoms with Gasteiger partial charge in [-0.05, 0) is 42.9 Å². The number of benzene rings is 1. The summed E-state index contributed by atoms with van der Waals surface area (Å²) >= 11 is 0. The third-order valence-corrected chi connectivity index (χ3v) is 7.17. The van der Waals surface area contributed by atoms with E-state index in [0.29, 0.717) is 0 Å². The first kappa shape index (κ1) is 49.8. The first-order chi connectivity index (χ1) is 20.8. The molecule has 0 N–H and O–H groups in total. The van der Waals surface area contributed by atoms with Crippen molar-refractivity contribution >= 4 is 35.8 Å². The normalized spacial score (nSPS) is 9.77. The summed E-state index contributed by atoms with van der Waals surface area (Å²) in [5, 5.41) is 20.8. The van der Waals surface area contributed by atoms with Gasteiger partial charge >= 0.3 is 23.9 Å². The Hall–Kier alpha value is -1.04. The number of hydrogen-bond donors (Lipinski definition) is 0. The van der Waals surface area contributed by atoms with Crippen molar-refractivity contribution in [1.29, 1.82) is 0 Å². The number of carbonyl (C=O) groups is 2. The van der Waals surface area contributed by atoms with Crippen LogP contribution in [0.3, 0.4) is 0 Å². The summed E-state index contributed by atoms with van der Waals surface area (Å²) in [4.78, 5) is 20.8. The van der Waals surface area contributed by atoms with Gasteiger partial charge in [0.25, 0.3) is 0 Å². The van der Waals surface area contributed by atoms with E-state index < -0.39 is 11.9 Å². The molecule has 254 valence electrons. The fourth-order valence-electron chi connectivity index (χ4n) is 4.23. The Kier molecular flexibility index (Phi) is 49.9. The Bertz CT molecular complexity index is 684. The first-order valence-corrected chi connectivity index (χ1v) is 17.9. The van der Waals surface area contributed by atoms with Crippen molar-refractivity contribution in [2.75, 3.05) is 0 Å². The van der Waals surface area contributed by atoms with Gasteiger partial charge in [0, 0.05) is 5.97 Å². The number of hydrogen-bond acceptors (Lipinski definition) is 4. The molecule has 0 atom stereocenters. The van der Waals surface area contributed by atoms with Gasteiger partial charge in [0.15, 0.2) is 0 Å². The van der Waals surface area contributed by atoms with E-state index in [1.165, 1.54) is 109 Å². The van der Waals surface area contributed by atoms with Crippen LogP contribution >= 0.6 is 0 Å². The summed E-state index contributed by atoms with van der Waals surface area (Å²) in [6, 6.07) is 6.95. The topological polar surface area (TPSA) is 80.3 Å².